The van der Waals surface area contributed by atoms with Crippen molar-refractivity contribution in [1.82, 2.24) is 9.80 Å². The highest BCUT2D eigenvalue weighted by Crippen LogP contribution is 2.20. The van der Waals surface area contributed by atoms with E-state index in [1.54, 1.807) is 0 Å². The number of aryl methyl sites for hydroxylation is 2. The van der Waals surface area contributed by atoms with Crippen LogP contribution in [0.25, 0.3) is 0 Å². The van der Waals surface area contributed by atoms with Gasteiger partial charge >= 0.3 is 0 Å². The second-order valence-electron chi connectivity index (χ2n) is 7.83. The van der Waals surface area contributed by atoms with Gasteiger partial charge in [-0.2, -0.15) is 0 Å². The van der Waals surface area contributed by atoms with Crippen molar-refractivity contribution < 1.29 is 9.53 Å². The molecule has 1 saturated heterocycles. The summed E-state index contributed by atoms with van der Waals surface area (Å²) in [6.07, 6.45) is 2.74. The molecule has 1 unspecified atom stereocenters. The molecule has 0 saturated carbocycles. The summed E-state index contributed by atoms with van der Waals surface area (Å²) in [5.74, 6) is 1.87. The maximum absolute atomic E-state index is 12.0. The average molecular weight is 347 g/mol. The number of carbonyl (C=O) groups is 1. The molecule has 4 heteroatoms. The Hall–Kier alpha value is -1.55. The van der Waals surface area contributed by atoms with E-state index in [-0.39, 0.29) is 0 Å². The Balaban J connectivity index is 1.68. The van der Waals surface area contributed by atoms with Crippen molar-refractivity contribution in [2.45, 2.75) is 53.0 Å². The van der Waals surface area contributed by atoms with Gasteiger partial charge in [0.2, 0.25) is 5.91 Å². The fraction of sp³-hybridized carbons (Fsp3) is 0.667. The van der Waals surface area contributed by atoms with Gasteiger partial charge in [0.25, 0.3) is 0 Å². The third-order valence-corrected chi connectivity index (χ3v) is 4.88. The Kier molecular flexibility index (Phi) is 7.30. The van der Waals surface area contributed by atoms with Crippen LogP contribution in [0.1, 0.15) is 44.2 Å². The molecule has 1 aromatic carbocycles. The molecule has 0 spiro atoms. The summed E-state index contributed by atoms with van der Waals surface area (Å²) in [6, 6.07) is 6.66. The van der Waals surface area contributed by atoms with E-state index in [0.29, 0.717) is 24.3 Å². The molecular weight excluding hydrogens is 312 g/mol. The predicted octanol–water partition coefficient (Wildman–Crippen LogP) is 3.65. The van der Waals surface area contributed by atoms with Crippen LogP contribution in [0.3, 0.4) is 0 Å². The zero-order valence-electron chi connectivity index (χ0n) is 16.5. The third kappa shape index (κ3) is 6.35. The zero-order chi connectivity index (χ0) is 18.4. The van der Waals surface area contributed by atoms with Crippen molar-refractivity contribution in [3.63, 3.8) is 0 Å². The van der Waals surface area contributed by atoms with E-state index in [4.69, 9.17) is 4.74 Å². The number of benzene rings is 1. The number of hydrogen-bond donors (Lipinski definition) is 0. The summed E-state index contributed by atoms with van der Waals surface area (Å²) in [5, 5.41) is 0. The Morgan fingerprint density at radius 1 is 1.24 bits per heavy atom. The number of hydrogen-bond acceptors (Lipinski definition) is 3. The van der Waals surface area contributed by atoms with E-state index < -0.39 is 0 Å². The van der Waals surface area contributed by atoms with E-state index in [0.717, 1.165) is 44.8 Å². The molecule has 1 fully saturated rings. The van der Waals surface area contributed by atoms with Crippen molar-refractivity contribution in [1.29, 1.82) is 0 Å². The summed E-state index contributed by atoms with van der Waals surface area (Å²) in [7, 11) is 2.17. The first kappa shape index (κ1) is 19.8. The van der Waals surface area contributed by atoms with E-state index in [1.807, 2.05) is 4.90 Å². The molecule has 1 heterocycles. The Morgan fingerprint density at radius 2 is 1.92 bits per heavy atom. The molecule has 0 aliphatic carbocycles. The van der Waals surface area contributed by atoms with Gasteiger partial charge in [0.15, 0.2) is 0 Å². The van der Waals surface area contributed by atoms with E-state index in [1.165, 1.54) is 11.1 Å². The van der Waals surface area contributed by atoms with Gasteiger partial charge in [0, 0.05) is 32.1 Å². The third-order valence-electron chi connectivity index (χ3n) is 4.88. The van der Waals surface area contributed by atoms with Gasteiger partial charge < -0.3 is 14.5 Å². The fourth-order valence-electron chi connectivity index (χ4n) is 3.66. The highest BCUT2D eigenvalue weighted by molar-refractivity contribution is 5.77. The summed E-state index contributed by atoms with van der Waals surface area (Å²) < 4.78 is 5.89. The lowest BCUT2D eigenvalue weighted by atomic mass is 9.96. The van der Waals surface area contributed by atoms with Gasteiger partial charge in [-0.25, -0.2) is 0 Å². The molecule has 0 radical (unpaired) electrons. The van der Waals surface area contributed by atoms with E-state index >= 15 is 0 Å². The van der Waals surface area contributed by atoms with Gasteiger partial charge in [0.1, 0.15) is 5.75 Å². The van der Waals surface area contributed by atoms with Crippen LogP contribution < -0.4 is 4.74 Å². The lowest BCUT2D eigenvalue weighted by Crippen LogP contribution is -2.46. The first-order valence-electron chi connectivity index (χ1n) is 9.54. The molecule has 0 bridgehead atoms. The smallest absolute Gasteiger partial charge is 0.222 e. The Bertz CT molecular complexity index is 551. The van der Waals surface area contributed by atoms with Crippen LogP contribution in [0, 0.1) is 19.8 Å². The van der Waals surface area contributed by atoms with E-state index in [9.17, 15) is 4.79 Å². The van der Waals surface area contributed by atoms with Crippen molar-refractivity contribution in [3.8, 4) is 5.75 Å². The topological polar surface area (TPSA) is 32.8 Å². The molecule has 1 aliphatic rings. The standard InChI is InChI=1S/C21H34N2O2/c1-16(2)23-15-19(7-8-21(23)24)14-22(5)9-6-10-25-20-12-17(3)11-18(4)13-20/h11-13,16,19H,6-10,14-15H2,1-5H3. The Morgan fingerprint density at radius 3 is 2.56 bits per heavy atom. The number of carbonyl (C=O) groups excluding carboxylic acids is 1. The minimum Gasteiger partial charge on any atom is -0.494 e. The number of piperidine rings is 1. The summed E-state index contributed by atoms with van der Waals surface area (Å²) in [5.41, 5.74) is 2.49. The average Bonchev–Trinajstić information content (AvgIpc) is 2.52. The van der Waals surface area contributed by atoms with Crippen LogP contribution in [0.5, 0.6) is 5.75 Å². The molecule has 1 aromatic rings. The second kappa shape index (κ2) is 9.23. The number of rotatable bonds is 8. The van der Waals surface area contributed by atoms with Crippen molar-refractivity contribution >= 4 is 5.91 Å². The minimum absolute atomic E-state index is 0.312. The molecule has 0 aromatic heterocycles. The van der Waals surface area contributed by atoms with Gasteiger partial charge in [-0.3, -0.25) is 4.79 Å². The number of ether oxygens (including phenoxy) is 1. The molecule has 0 N–H and O–H groups in total. The van der Waals surface area contributed by atoms with Crippen LogP contribution >= 0.6 is 0 Å². The van der Waals surface area contributed by atoms with Crippen molar-refractivity contribution in [3.05, 3.63) is 29.3 Å². The summed E-state index contributed by atoms with van der Waals surface area (Å²) in [6.45, 7) is 12.1. The van der Waals surface area contributed by atoms with Crippen LogP contribution in [0.4, 0.5) is 0 Å². The Labute approximate surface area is 153 Å². The minimum atomic E-state index is 0.312. The number of amides is 1. The van der Waals surface area contributed by atoms with Crippen LogP contribution in [-0.4, -0.2) is 55.0 Å². The monoisotopic (exact) mass is 346 g/mol. The fourth-order valence-corrected chi connectivity index (χ4v) is 3.66. The SMILES string of the molecule is Cc1cc(C)cc(OCCCN(C)CC2CCC(=O)N(C(C)C)C2)c1. The summed E-state index contributed by atoms with van der Waals surface area (Å²) >= 11 is 0. The molecule has 1 aliphatic heterocycles. The predicted molar refractivity (Wildman–Crippen MR) is 103 cm³/mol. The van der Waals surface area contributed by atoms with E-state index in [2.05, 4.69) is 57.8 Å². The van der Waals surface area contributed by atoms with Crippen LogP contribution in [-0.2, 0) is 4.79 Å². The van der Waals surface area contributed by atoms with Gasteiger partial charge in [-0.05, 0) is 76.8 Å². The van der Waals surface area contributed by atoms with Crippen LogP contribution in [0.2, 0.25) is 0 Å². The number of likely N-dealkylation sites (tertiary alicyclic amines) is 1. The second-order valence-corrected chi connectivity index (χ2v) is 7.83. The quantitative estimate of drug-likeness (QED) is 0.674. The lowest BCUT2D eigenvalue weighted by molar-refractivity contribution is -0.136. The van der Waals surface area contributed by atoms with Gasteiger partial charge in [-0.15, -0.1) is 0 Å². The highest BCUT2D eigenvalue weighted by Gasteiger charge is 2.27. The lowest BCUT2D eigenvalue weighted by Gasteiger charge is -2.37. The van der Waals surface area contributed by atoms with Crippen LogP contribution in [0.15, 0.2) is 18.2 Å². The molecule has 1 amide bonds. The first-order chi connectivity index (χ1) is 11.8. The molecule has 2 rings (SSSR count). The normalized spacial score (nSPS) is 18.3. The maximum Gasteiger partial charge on any atom is 0.222 e. The summed E-state index contributed by atoms with van der Waals surface area (Å²) in [4.78, 5) is 16.4. The zero-order valence-corrected chi connectivity index (χ0v) is 16.5. The first-order valence-corrected chi connectivity index (χ1v) is 9.54. The molecule has 4 nitrogen and oxygen atoms in total. The van der Waals surface area contributed by atoms with Crippen molar-refractivity contribution in [2.24, 2.45) is 5.92 Å². The molecule has 140 valence electrons. The highest BCUT2D eigenvalue weighted by atomic mass is 16.5. The molecule has 25 heavy (non-hydrogen) atoms. The van der Waals surface area contributed by atoms with Crippen molar-refractivity contribution in [2.75, 3.05) is 33.3 Å². The molecule has 1 atom stereocenters. The largest absolute Gasteiger partial charge is 0.494 e. The molecular formula is C21H34N2O2. The van der Waals surface area contributed by atoms with Gasteiger partial charge in [-0.1, -0.05) is 6.07 Å². The van der Waals surface area contributed by atoms with Gasteiger partial charge in [0.05, 0.1) is 6.61 Å². The number of nitrogens with zero attached hydrogens (tertiary/aromatic N) is 2. The maximum atomic E-state index is 12.0.